The molecule has 5 nitrogen and oxygen atoms in total. The van der Waals surface area contributed by atoms with Gasteiger partial charge in [0.15, 0.2) is 0 Å². The van der Waals surface area contributed by atoms with Crippen molar-refractivity contribution in [3.05, 3.63) is 36.0 Å². The highest BCUT2D eigenvalue weighted by molar-refractivity contribution is 7.90. The third-order valence-corrected chi connectivity index (χ3v) is 7.04. The SMILES string of the molecule is O=S(=O)(NCC1CCCN(Cc2cc3ccccc3[nH]2)C1)C1CC1. The van der Waals surface area contributed by atoms with E-state index in [-0.39, 0.29) is 5.25 Å². The van der Waals surface area contributed by atoms with Gasteiger partial charge in [-0.1, -0.05) is 18.2 Å². The molecular formula is C18H25N3O2S. The van der Waals surface area contributed by atoms with Crippen LogP contribution in [0.1, 0.15) is 31.4 Å². The van der Waals surface area contributed by atoms with Crippen LogP contribution in [0.5, 0.6) is 0 Å². The highest BCUT2D eigenvalue weighted by atomic mass is 32.2. The zero-order valence-electron chi connectivity index (χ0n) is 13.9. The molecule has 0 radical (unpaired) electrons. The number of aromatic amines is 1. The van der Waals surface area contributed by atoms with Gasteiger partial charge in [-0.15, -0.1) is 0 Å². The van der Waals surface area contributed by atoms with Gasteiger partial charge in [0.1, 0.15) is 0 Å². The summed E-state index contributed by atoms with van der Waals surface area (Å²) in [5.41, 5.74) is 2.41. The van der Waals surface area contributed by atoms with E-state index in [0.717, 1.165) is 45.3 Å². The smallest absolute Gasteiger partial charge is 0.214 e. The fourth-order valence-electron chi connectivity index (χ4n) is 3.65. The number of rotatable bonds is 6. The molecule has 2 N–H and O–H groups in total. The Morgan fingerprint density at radius 3 is 2.83 bits per heavy atom. The van der Waals surface area contributed by atoms with Crippen molar-refractivity contribution in [1.82, 2.24) is 14.6 Å². The highest BCUT2D eigenvalue weighted by Gasteiger charge is 2.36. The first-order valence-electron chi connectivity index (χ1n) is 8.87. The largest absolute Gasteiger partial charge is 0.357 e. The molecule has 1 aromatic carbocycles. The number of hydrogen-bond donors (Lipinski definition) is 2. The minimum atomic E-state index is -3.05. The number of aromatic nitrogens is 1. The number of nitrogens with one attached hydrogen (secondary N) is 2. The highest BCUT2D eigenvalue weighted by Crippen LogP contribution is 2.28. The lowest BCUT2D eigenvalue weighted by molar-refractivity contribution is 0.167. The zero-order chi connectivity index (χ0) is 16.6. The Balaban J connectivity index is 1.34. The number of sulfonamides is 1. The summed E-state index contributed by atoms with van der Waals surface area (Å²) >= 11 is 0. The van der Waals surface area contributed by atoms with E-state index in [0.29, 0.717) is 12.5 Å². The quantitative estimate of drug-likeness (QED) is 0.844. The van der Waals surface area contributed by atoms with Crippen molar-refractivity contribution in [2.24, 2.45) is 5.92 Å². The summed E-state index contributed by atoms with van der Waals surface area (Å²) in [6, 6.07) is 10.6. The normalized spacial score (nSPS) is 22.9. The molecule has 0 amide bonds. The molecule has 1 atom stereocenters. The molecule has 130 valence electrons. The third kappa shape index (κ3) is 3.66. The van der Waals surface area contributed by atoms with Gasteiger partial charge in [-0.25, -0.2) is 13.1 Å². The second kappa shape index (κ2) is 6.50. The van der Waals surface area contributed by atoms with Crippen LogP contribution in [-0.2, 0) is 16.6 Å². The predicted octanol–water partition coefficient (Wildman–Crippen LogP) is 2.46. The van der Waals surface area contributed by atoms with E-state index in [1.165, 1.54) is 16.6 Å². The number of para-hydroxylation sites is 1. The summed E-state index contributed by atoms with van der Waals surface area (Å²) in [5, 5.41) is 1.13. The fourth-order valence-corrected chi connectivity index (χ4v) is 5.11. The van der Waals surface area contributed by atoms with Gasteiger partial charge < -0.3 is 4.98 Å². The lowest BCUT2D eigenvalue weighted by atomic mass is 9.98. The van der Waals surface area contributed by atoms with Crippen LogP contribution in [0, 0.1) is 5.92 Å². The second-order valence-electron chi connectivity index (χ2n) is 7.22. The third-order valence-electron chi connectivity index (χ3n) is 5.12. The van der Waals surface area contributed by atoms with Crippen molar-refractivity contribution in [1.29, 1.82) is 0 Å². The number of benzene rings is 1. The molecule has 1 aromatic heterocycles. The molecule has 2 aromatic rings. The van der Waals surface area contributed by atoms with Gasteiger partial charge in [-0.05, 0) is 55.7 Å². The van der Waals surface area contributed by atoms with E-state index >= 15 is 0 Å². The summed E-state index contributed by atoms with van der Waals surface area (Å²) in [6.07, 6.45) is 3.89. The number of hydrogen-bond acceptors (Lipinski definition) is 3. The maximum Gasteiger partial charge on any atom is 0.214 e. The van der Waals surface area contributed by atoms with Gasteiger partial charge in [0.25, 0.3) is 0 Å². The second-order valence-corrected chi connectivity index (χ2v) is 9.26. The summed E-state index contributed by atoms with van der Waals surface area (Å²) in [4.78, 5) is 5.92. The Labute approximate surface area is 143 Å². The molecule has 1 saturated heterocycles. The topological polar surface area (TPSA) is 65.2 Å². The summed E-state index contributed by atoms with van der Waals surface area (Å²) in [6.45, 7) is 3.53. The molecule has 1 saturated carbocycles. The minimum absolute atomic E-state index is 0.122. The van der Waals surface area contributed by atoms with Gasteiger partial charge in [-0.2, -0.15) is 0 Å². The van der Waals surface area contributed by atoms with Crippen LogP contribution < -0.4 is 4.72 Å². The first-order valence-corrected chi connectivity index (χ1v) is 10.4. The Morgan fingerprint density at radius 2 is 2.04 bits per heavy atom. The molecule has 0 spiro atoms. The van der Waals surface area contributed by atoms with Crippen molar-refractivity contribution >= 4 is 20.9 Å². The molecule has 1 aliphatic carbocycles. The zero-order valence-corrected chi connectivity index (χ0v) is 14.7. The molecule has 24 heavy (non-hydrogen) atoms. The minimum Gasteiger partial charge on any atom is -0.357 e. The van der Waals surface area contributed by atoms with Gasteiger partial charge in [0.2, 0.25) is 10.0 Å². The number of likely N-dealkylation sites (tertiary alicyclic amines) is 1. The van der Waals surface area contributed by atoms with E-state index in [1.807, 2.05) is 6.07 Å². The van der Waals surface area contributed by atoms with E-state index in [9.17, 15) is 8.42 Å². The number of nitrogens with zero attached hydrogens (tertiary/aromatic N) is 1. The van der Waals surface area contributed by atoms with E-state index in [4.69, 9.17) is 0 Å². The molecule has 2 heterocycles. The Kier molecular flexibility index (Phi) is 4.37. The molecule has 4 rings (SSSR count). The van der Waals surface area contributed by atoms with Gasteiger partial charge in [0, 0.05) is 30.8 Å². The standard InChI is InChI=1S/C18H25N3O2S/c22-24(23,17-7-8-17)19-11-14-4-3-9-21(12-14)13-16-10-15-5-1-2-6-18(15)20-16/h1-2,5-6,10,14,17,19-20H,3-4,7-9,11-13H2. The summed E-state index contributed by atoms with van der Waals surface area (Å²) < 4.78 is 26.8. The fraction of sp³-hybridized carbons (Fsp3) is 0.556. The molecule has 2 aliphatic rings. The number of H-pyrrole nitrogens is 1. The van der Waals surface area contributed by atoms with Crippen LogP contribution in [0.25, 0.3) is 10.9 Å². The monoisotopic (exact) mass is 347 g/mol. The van der Waals surface area contributed by atoms with Crippen molar-refractivity contribution < 1.29 is 8.42 Å². The summed E-state index contributed by atoms with van der Waals surface area (Å²) in [5.74, 6) is 0.414. The van der Waals surface area contributed by atoms with Gasteiger partial charge in [0.05, 0.1) is 5.25 Å². The molecule has 2 fully saturated rings. The number of fused-ring (bicyclic) bond motifs is 1. The maximum absolute atomic E-state index is 12.0. The maximum atomic E-state index is 12.0. The van der Waals surface area contributed by atoms with Crippen LogP contribution >= 0.6 is 0 Å². The van der Waals surface area contributed by atoms with Crippen LogP contribution in [0.4, 0.5) is 0 Å². The first kappa shape index (κ1) is 16.1. The van der Waals surface area contributed by atoms with E-state index in [1.54, 1.807) is 0 Å². The molecule has 6 heteroatoms. The van der Waals surface area contributed by atoms with Crippen molar-refractivity contribution in [3.8, 4) is 0 Å². The lowest BCUT2D eigenvalue weighted by Gasteiger charge is -2.32. The van der Waals surface area contributed by atoms with Gasteiger partial charge in [-0.3, -0.25) is 4.90 Å². The molecule has 1 unspecified atom stereocenters. The van der Waals surface area contributed by atoms with E-state index in [2.05, 4.69) is 38.9 Å². The average Bonchev–Trinajstić information content (AvgIpc) is 3.35. The Morgan fingerprint density at radius 1 is 1.21 bits per heavy atom. The van der Waals surface area contributed by atoms with Crippen LogP contribution in [0.3, 0.4) is 0 Å². The van der Waals surface area contributed by atoms with Crippen LogP contribution in [0.2, 0.25) is 0 Å². The first-order chi connectivity index (χ1) is 11.6. The molecular weight excluding hydrogens is 322 g/mol. The lowest BCUT2D eigenvalue weighted by Crippen LogP contribution is -2.41. The molecule has 0 bridgehead atoms. The van der Waals surface area contributed by atoms with E-state index < -0.39 is 10.0 Å². The summed E-state index contributed by atoms with van der Waals surface area (Å²) in [7, 11) is -3.05. The predicted molar refractivity (Wildman–Crippen MR) is 96.2 cm³/mol. The van der Waals surface area contributed by atoms with Gasteiger partial charge >= 0.3 is 0 Å². The Hall–Kier alpha value is -1.37. The van der Waals surface area contributed by atoms with Crippen LogP contribution in [0.15, 0.2) is 30.3 Å². The van der Waals surface area contributed by atoms with Crippen molar-refractivity contribution in [2.45, 2.75) is 37.5 Å². The Bertz CT molecular complexity index is 778. The van der Waals surface area contributed by atoms with Crippen molar-refractivity contribution in [2.75, 3.05) is 19.6 Å². The molecule has 1 aliphatic heterocycles. The average molecular weight is 347 g/mol. The van der Waals surface area contributed by atoms with Crippen molar-refractivity contribution in [3.63, 3.8) is 0 Å². The van der Waals surface area contributed by atoms with Crippen LogP contribution in [-0.4, -0.2) is 43.2 Å². The number of piperidine rings is 1.